The normalized spacial score (nSPS) is 11.2. The van der Waals surface area contributed by atoms with E-state index in [-0.39, 0.29) is 16.9 Å². The summed E-state index contributed by atoms with van der Waals surface area (Å²) in [5, 5.41) is 10.8. The van der Waals surface area contributed by atoms with E-state index in [0.717, 1.165) is 18.3 Å². The van der Waals surface area contributed by atoms with Crippen molar-refractivity contribution in [2.45, 2.75) is 6.36 Å². The molecule has 2 aromatic rings. The van der Waals surface area contributed by atoms with Crippen LogP contribution in [0.3, 0.4) is 0 Å². The maximum absolute atomic E-state index is 12.3. The molecule has 1 aromatic carbocycles. The summed E-state index contributed by atoms with van der Waals surface area (Å²) in [6.07, 6.45) is -3.73. The second-order valence-corrected chi connectivity index (χ2v) is 3.93. The number of rotatable bonds is 3. The molecule has 2 rings (SSSR count). The molecule has 0 unspecified atom stereocenters. The van der Waals surface area contributed by atoms with Crippen LogP contribution in [0.5, 0.6) is 5.75 Å². The van der Waals surface area contributed by atoms with Crippen molar-refractivity contribution in [3.8, 4) is 16.9 Å². The molecule has 0 radical (unpaired) electrons. The quantitative estimate of drug-likeness (QED) is 0.694. The Morgan fingerprint density at radius 1 is 1.29 bits per heavy atom. The standard InChI is InChI=1S/C12H8F3N3O3/c13-12(14,15)21-10-4-2-1-3-8(10)7-5-9(18(19)20)11(16)17-6-7/h1-6H,(H2,16,17). The van der Waals surface area contributed by atoms with E-state index >= 15 is 0 Å². The van der Waals surface area contributed by atoms with Crippen LogP contribution in [0.25, 0.3) is 11.1 Å². The molecule has 0 aliphatic heterocycles. The molecule has 21 heavy (non-hydrogen) atoms. The number of alkyl halides is 3. The molecule has 0 fully saturated rings. The van der Waals surface area contributed by atoms with E-state index in [1.54, 1.807) is 0 Å². The van der Waals surface area contributed by atoms with Crippen LogP contribution in [0.15, 0.2) is 36.5 Å². The maximum atomic E-state index is 12.3. The predicted molar refractivity (Wildman–Crippen MR) is 67.4 cm³/mol. The molecule has 0 spiro atoms. The van der Waals surface area contributed by atoms with E-state index in [1.807, 2.05) is 0 Å². The van der Waals surface area contributed by atoms with Gasteiger partial charge in [-0.1, -0.05) is 18.2 Å². The Labute approximate surface area is 116 Å². The highest BCUT2D eigenvalue weighted by Crippen LogP contribution is 2.35. The Balaban J connectivity index is 2.52. The van der Waals surface area contributed by atoms with E-state index < -0.39 is 22.7 Å². The number of halogens is 3. The summed E-state index contributed by atoms with van der Waals surface area (Å²) in [7, 11) is 0. The lowest BCUT2D eigenvalue weighted by Gasteiger charge is -2.13. The first kappa shape index (κ1) is 14.6. The largest absolute Gasteiger partial charge is 0.573 e. The molecule has 0 saturated carbocycles. The Morgan fingerprint density at radius 2 is 1.95 bits per heavy atom. The summed E-state index contributed by atoms with van der Waals surface area (Å²) in [5.41, 5.74) is 4.97. The first-order valence-corrected chi connectivity index (χ1v) is 5.53. The number of benzene rings is 1. The number of ether oxygens (including phenoxy) is 1. The summed E-state index contributed by atoms with van der Waals surface area (Å²) in [4.78, 5) is 13.6. The molecule has 0 bridgehead atoms. The molecule has 1 heterocycles. The minimum atomic E-state index is -4.87. The Kier molecular flexibility index (Phi) is 3.66. The molecule has 0 aliphatic rings. The Hall–Kier alpha value is -2.84. The number of nitrogens with two attached hydrogens (primary N) is 1. The van der Waals surface area contributed by atoms with E-state index in [0.29, 0.717) is 0 Å². The lowest BCUT2D eigenvalue weighted by atomic mass is 10.1. The number of hydrogen-bond donors (Lipinski definition) is 1. The highest BCUT2D eigenvalue weighted by Gasteiger charge is 2.32. The molecule has 6 nitrogen and oxygen atoms in total. The van der Waals surface area contributed by atoms with Crippen molar-refractivity contribution in [1.29, 1.82) is 0 Å². The number of aromatic nitrogens is 1. The van der Waals surface area contributed by atoms with Gasteiger partial charge in [-0.2, -0.15) is 0 Å². The third kappa shape index (κ3) is 3.38. The fraction of sp³-hybridized carbons (Fsp3) is 0.0833. The first-order valence-electron chi connectivity index (χ1n) is 5.53. The van der Waals surface area contributed by atoms with Crippen LogP contribution in [0.4, 0.5) is 24.7 Å². The van der Waals surface area contributed by atoms with Crippen LogP contribution < -0.4 is 10.5 Å². The topological polar surface area (TPSA) is 91.3 Å². The summed E-state index contributed by atoms with van der Waals surface area (Å²) in [6, 6.07) is 6.30. The van der Waals surface area contributed by atoms with E-state index in [2.05, 4.69) is 9.72 Å². The molecule has 1 aromatic heterocycles. The molecular formula is C12H8F3N3O3. The average molecular weight is 299 g/mol. The molecular weight excluding hydrogens is 291 g/mol. The monoisotopic (exact) mass is 299 g/mol. The fourth-order valence-corrected chi connectivity index (χ4v) is 1.68. The zero-order valence-electron chi connectivity index (χ0n) is 10.3. The van der Waals surface area contributed by atoms with Gasteiger partial charge in [-0.3, -0.25) is 10.1 Å². The second kappa shape index (κ2) is 5.27. The van der Waals surface area contributed by atoms with Crippen molar-refractivity contribution in [3.63, 3.8) is 0 Å². The van der Waals surface area contributed by atoms with Crippen LogP contribution in [-0.4, -0.2) is 16.3 Å². The van der Waals surface area contributed by atoms with Crippen molar-refractivity contribution < 1.29 is 22.8 Å². The fourth-order valence-electron chi connectivity index (χ4n) is 1.68. The number of nitrogen functional groups attached to an aromatic ring is 1. The van der Waals surface area contributed by atoms with Crippen molar-refractivity contribution in [3.05, 3.63) is 46.6 Å². The molecule has 0 aliphatic carbocycles. The van der Waals surface area contributed by atoms with Crippen LogP contribution in [0.1, 0.15) is 0 Å². The number of hydrogen-bond acceptors (Lipinski definition) is 5. The Bertz CT molecular complexity index is 689. The van der Waals surface area contributed by atoms with Crippen LogP contribution in [0.2, 0.25) is 0 Å². The van der Waals surface area contributed by atoms with E-state index in [4.69, 9.17) is 5.73 Å². The number of pyridine rings is 1. The van der Waals surface area contributed by atoms with Crippen molar-refractivity contribution in [1.82, 2.24) is 4.98 Å². The van der Waals surface area contributed by atoms with Gasteiger partial charge in [0.2, 0.25) is 5.82 Å². The van der Waals surface area contributed by atoms with E-state index in [1.165, 1.54) is 18.2 Å². The molecule has 110 valence electrons. The molecule has 0 amide bonds. The zero-order chi connectivity index (χ0) is 15.6. The minimum Gasteiger partial charge on any atom is -0.405 e. The third-order valence-corrected chi connectivity index (χ3v) is 2.52. The van der Waals surface area contributed by atoms with Crippen molar-refractivity contribution in [2.75, 3.05) is 5.73 Å². The van der Waals surface area contributed by atoms with Gasteiger partial charge in [0.25, 0.3) is 0 Å². The summed E-state index contributed by atoms with van der Waals surface area (Å²) in [5.74, 6) is -0.802. The predicted octanol–water partition coefficient (Wildman–Crippen LogP) is 3.14. The van der Waals surface area contributed by atoms with Crippen LogP contribution in [0, 0.1) is 10.1 Å². The van der Waals surface area contributed by atoms with Crippen molar-refractivity contribution in [2.24, 2.45) is 0 Å². The summed E-state index contributed by atoms with van der Waals surface area (Å²) >= 11 is 0. The number of anilines is 1. The molecule has 9 heteroatoms. The van der Waals surface area contributed by atoms with Crippen LogP contribution >= 0.6 is 0 Å². The number of para-hydroxylation sites is 1. The van der Waals surface area contributed by atoms with Gasteiger partial charge in [-0.05, 0) is 6.07 Å². The maximum Gasteiger partial charge on any atom is 0.573 e. The highest BCUT2D eigenvalue weighted by atomic mass is 19.4. The summed E-state index contributed by atoms with van der Waals surface area (Å²) in [6.45, 7) is 0. The Morgan fingerprint density at radius 3 is 2.57 bits per heavy atom. The van der Waals surface area contributed by atoms with Gasteiger partial charge >= 0.3 is 12.0 Å². The van der Waals surface area contributed by atoms with Gasteiger partial charge in [0.15, 0.2) is 0 Å². The van der Waals surface area contributed by atoms with Gasteiger partial charge < -0.3 is 10.5 Å². The molecule has 2 N–H and O–H groups in total. The first-order chi connectivity index (χ1) is 9.78. The zero-order valence-corrected chi connectivity index (χ0v) is 10.3. The number of nitrogens with zero attached hydrogens (tertiary/aromatic N) is 2. The van der Waals surface area contributed by atoms with Crippen LogP contribution in [-0.2, 0) is 0 Å². The lowest BCUT2D eigenvalue weighted by molar-refractivity contribution is -0.384. The minimum absolute atomic E-state index is 0.0189. The van der Waals surface area contributed by atoms with Gasteiger partial charge in [-0.25, -0.2) is 4.98 Å². The SMILES string of the molecule is Nc1ncc(-c2ccccc2OC(F)(F)F)cc1[N+](=O)[O-]. The van der Waals surface area contributed by atoms with Gasteiger partial charge in [0.1, 0.15) is 5.75 Å². The second-order valence-electron chi connectivity index (χ2n) is 3.93. The molecule has 0 saturated heterocycles. The smallest absolute Gasteiger partial charge is 0.405 e. The summed E-state index contributed by atoms with van der Waals surface area (Å²) < 4.78 is 40.9. The number of nitro groups is 1. The van der Waals surface area contributed by atoms with Gasteiger partial charge in [0, 0.05) is 23.4 Å². The molecule has 0 atom stereocenters. The highest BCUT2D eigenvalue weighted by molar-refractivity contribution is 5.73. The third-order valence-electron chi connectivity index (χ3n) is 2.52. The van der Waals surface area contributed by atoms with Gasteiger partial charge in [-0.15, -0.1) is 13.2 Å². The van der Waals surface area contributed by atoms with Crippen molar-refractivity contribution >= 4 is 11.5 Å². The van der Waals surface area contributed by atoms with Gasteiger partial charge in [0.05, 0.1) is 4.92 Å². The average Bonchev–Trinajstić information content (AvgIpc) is 2.38. The lowest BCUT2D eigenvalue weighted by Crippen LogP contribution is -2.17. The van der Waals surface area contributed by atoms with E-state index in [9.17, 15) is 23.3 Å².